The van der Waals surface area contributed by atoms with Gasteiger partial charge in [0.05, 0.1) is 0 Å². The van der Waals surface area contributed by atoms with Crippen LogP contribution < -0.4 is 0 Å². The predicted molar refractivity (Wildman–Crippen MR) is 27.3 cm³/mol. The van der Waals surface area contributed by atoms with Gasteiger partial charge in [0.15, 0.2) is 0 Å². The third kappa shape index (κ3) is 5.26. The van der Waals surface area contributed by atoms with Gasteiger partial charge in [-0.15, -0.1) is 0 Å². The molecule has 0 aromatic rings. The van der Waals surface area contributed by atoms with Crippen molar-refractivity contribution in [3.05, 3.63) is 0 Å². The van der Waals surface area contributed by atoms with Crippen molar-refractivity contribution >= 4 is 7.55 Å². The van der Waals surface area contributed by atoms with E-state index in [1.165, 1.54) is 7.55 Å². The van der Waals surface area contributed by atoms with Crippen molar-refractivity contribution in [2.45, 2.75) is 0 Å². The Labute approximate surface area is 43.0 Å². The van der Waals surface area contributed by atoms with Gasteiger partial charge in [-0.2, -0.15) is 0 Å². The van der Waals surface area contributed by atoms with Crippen LogP contribution in [0.1, 0.15) is 0 Å². The quantitative estimate of drug-likeness (QED) is 0.359. The molecule has 0 bridgehead atoms. The van der Waals surface area contributed by atoms with E-state index in [-0.39, 0.29) is 0 Å². The number of nitrogens with zero attached hydrogens (tertiary/aromatic N) is 4. The molecule has 0 aromatic heterocycles. The van der Waals surface area contributed by atoms with E-state index in [1.807, 2.05) is 0 Å². The van der Waals surface area contributed by atoms with Gasteiger partial charge in [-0.05, 0) is 0 Å². The number of hydrogen-bond donors (Lipinski definition) is 0. The highest BCUT2D eigenvalue weighted by atomic mass is 15.1. The Morgan fingerprint density at radius 3 is 1.71 bits per heavy atom. The van der Waals surface area contributed by atoms with E-state index < -0.39 is 0 Å². The third-order valence-electron chi connectivity index (χ3n) is 0.334. The molecule has 37 valence electrons. The van der Waals surface area contributed by atoms with Crippen LogP contribution in [0.3, 0.4) is 0 Å². The Bertz CT molecular complexity index is 67.8. The van der Waals surface area contributed by atoms with E-state index in [2.05, 4.69) is 20.3 Å². The molecular formula is C2H6BN4. The standard InChI is InChI=1S/C2H6BN4/c1-4-6-3-7-5-2/h1-2H3. The molecule has 0 amide bonds. The van der Waals surface area contributed by atoms with Crippen LogP contribution in [0.4, 0.5) is 0 Å². The summed E-state index contributed by atoms with van der Waals surface area (Å²) in [5.74, 6) is 0. The van der Waals surface area contributed by atoms with E-state index in [4.69, 9.17) is 0 Å². The zero-order chi connectivity index (χ0) is 5.54. The van der Waals surface area contributed by atoms with Gasteiger partial charge in [0.1, 0.15) is 0 Å². The average molecular weight is 96.9 g/mol. The molecular weight excluding hydrogens is 90.9 g/mol. The lowest BCUT2D eigenvalue weighted by Crippen LogP contribution is -1.72. The van der Waals surface area contributed by atoms with Crippen molar-refractivity contribution in [2.24, 2.45) is 20.3 Å². The van der Waals surface area contributed by atoms with Crippen molar-refractivity contribution in [1.29, 1.82) is 0 Å². The largest absolute Gasteiger partial charge is 0.484 e. The zero-order valence-corrected chi connectivity index (χ0v) is 4.37. The summed E-state index contributed by atoms with van der Waals surface area (Å²) < 4.78 is 0. The zero-order valence-electron chi connectivity index (χ0n) is 4.37. The van der Waals surface area contributed by atoms with Crippen LogP contribution in [0.25, 0.3) is 0 Å². The summed E-state index contributed by atoms with van der Waals surface area (Å²) in [5, 5.41) is 13.6. The smallest absolute Gasteiger partial charge is 0.228 e. The van der Waals surface area contributed by atoms with E-state index in [9.17, 15) is 0 Å². The van der Waals surface area contributed by atoms with Crippen molar-refractivity contribution in [1.82, 2.24) is 0 Å². The van der Waals surface area contributed by atoms with E-state index in [0.717, 1.165) is 0 Å². The molecule has 0 atom stereocenters. The molecule has 0 aliphatic heterocycles. The van der Waals surface area contributed by atoms with Gasteiger partial charge in [0, 0.05) is 14.1 Å². The van der Waals surface area contributed by atoms with Crippen molar-refractivity contribution in [2.75, 3.05) is 14.1 Å². The lowest BCUT2D eigenvalue weighted by molar-refractivity contribution is 1.18. The normalized spacial score (nSPS) is 11.1. The lowest BCUT2D eigenvalue weighted by atomic mass is 10.3. The summed E-state index contributed by atoms with van der Waals surface area (Å²) in [4.78, 5) is 0. The van der Waals surface area contributed by atoms with E-state index in [1.54, 1.807) is 14.1 Å². The Hall–Kier alpha value is -0.735. The second-order valence-corrected chi connectivity index (χ2v) is 0.746. The highest BCUT2D eigenvalue weighted by Crippen LogP contribution is 1.68. The molecule has 0 rings (SSSR count). The van der Waals surface area contributed by atoms with Gasteiger partial charge in [0.2, 0.25) is 0 Å². The fourth-order valence-corrected chi connectivity index (χ4v) is 0.126. The molecule has 0 heterocycles. The summed E-state index contributed by atoms with van der Waals surface area (Å²) in [6.07, 6.45) is 0. The van der Waals surface area contributed by atoms with Crippen molar-refractivity contribution in [3.63, 3.8) is 0 Å². The van der Waals surface area contributed by atoms with Crippen LogP contribution in [0.2, 0.25) is 0 Å². The first-order valence-corrected chi connectivity index (χ1v) is 1.81. The fraction of sp³-hybridized carbons (Fsp3) is 1.00. The van der Waals surface area contributed by atoms with Crippen LogP contribution in [0, 0.1) is 0 Å². The van der Waals surface area contributed by atoms with Crippen LogP contribution in [0.15, 0.2) is 20.3 Å². The molecule has 0 aliphatic rings. The van der Waals surface area contributed by atoms with Crippen LogP contribution in [0.5, 0.6) is 0 Å². The number of hydrogen-bond acceptors (Lipinski definition) is 4. The Kier molecular flexibility index (Phi) is 4.71. The summed E-state index contributed by atoms with van der Waals surface area (Å²) in [7, 11) is 4.42. The first kappa shape index (κ1) is 6.26. The summed E-state index contributed by atoms with van der Waals surface area (Å²) in [5.41, 5.74) is 0. The van der Waals surface area contributed by atoms with Gasteiger partial charge >= 0.3 is 7.55 Å². The molecule has 0 spiro atoms. The third-order valence-corrected chi connectivity index (χ3v) is 0.334. The Balaban J connectivity index is 2.98. The molecule has 0 aliphatic carbocycles. The minimum Gasteiger partial charge on any atom is -0.228 e. The van der Waals surface area contributed by atoms with Gasteiger partial charge in [0.25, 0.3) is 0 Å². The second-order valence-electron chi connectivity index (χ2n) is 0.746. The highest BCUT2D eigenvalue weighted by molar-refractivity contribution is 6.29. The van der Waals surface area contributed by atoms with Gasteiger partial charge in [-0.3, -0.25) is 0 Å². The average Bonchev–Trinajstić information content (AvgIpc) is 1.69. The maximum atomic E-state index is 3.40. The second kappa shape index (κ2) is 5.26. The first-order chi connectivity index (χ1) is 3.41. The molecule has 0 unspecified atom stereocenters. The molecule has 4 nitrogen and oxygen atoms in total. The number of rotatable bonds is 2. The molecule has 7 heavy (non-hydrogen) atoms. The summed E-state index contributed by atoms with van der Waals surface area (Å²) in [6.45, 7) is 0. The Morgan fingerprint density at radius 2 is 1.43 bits per heavy atom. The lowest BCUT2D eigenvalue weighted by Gasteiger charge is -1.69. The van der Waals surface area contributed by atoms with Gasteiger partial charge in [-0.1, -0.05) is 0 Å². The van der Waals surface area contributed by atoms with E-state index >= 15 is 0 Å². The van der Waals surface area contributed by atoms with Gasteiger partial charge in [-0.25, -0.2) is 20.3 Å². The molecule has 0 fully saturated rings. The summed E-state index contributed by atoms with van der Waals surface area (Å²) in [6, 6.07) is 0. The predicted octanol–water partition coefficient (Wildman–Crippen LogP) is 0.685. The monoisotopic (exact) mass is 97.1 g/mol. The minimum absolute atomic E-state index is 1.28. The minimum atomic E-state index is 1.28. The molecule has 0 saturated carbocycles. The maximum Gasteiger partial charge on any atom is 0.484 e. The fourth-order valence-electron chi connectivity index (χ4n) is 0.126. The van der Waals surface area contributed by atoms with Crippen molar-refractivity contribution < 1.29 is 0 Å². The van der Waals surface area contributed by atoms with E-state index in [0.29, 0.717) is 0 Å². The first-order valence-electron chi connectivity index (χ1n) is 1.81. The SMILES string of the molecule is CN=N[B]N=NC. The molecule has 0 aromatic carbocycles. The molecule has 1 radical (unpaired) electrons. The molecule has 5 heteroatoms. The van der Waals surface area contributed by atoms with Crippen LogP contribution >= 0.6 is 0 Å². The maximum absolute atomic E-state index is 3.40. The topological polar surface area (TPSA) is 49.4 Å². The van der Waals surface area contributed by atoms with Crippen molar-refractivity contribution in [3.8, 4) is 0 Å². The molecule has 0 saturated heterocycles. The highest BCUT2D eigenvalue weighted by Gasteiger charge is 1.74. The molecule has 0 N–H and O–H groups in total. The summed E-state index contributed by atoms with van der Waals surface area (Å²) >= 11 is 0. The Morgan fingerprint density at radius 1 is 1.00 bits per heavy atom. The van der Waals surface area contributed by atoms with Crippen LogP contribution in [-0.4, -0.2) is 21.6 Å². The van der Waals surface area contributed by atoms with Gasteiger partial charge < -0.3 is 0 Å². The van der Waals surface area contributed by atoms with Crippen LogP contribution in [-0.2, 0) is 0 Å².